The molecule has 0 unspecified atom stereocenters. The van der Waals surface area contributed by atoms with Gasteiger partial charge in [-0.05, 0) is 0 Å². The van der Waals surface area contributed by atoms with Crippen molar-refractivity contribution < 1.29 is 19.2 Å². The second-order valence-corrected chi connectivity index (χ2v) is 8.70. The molecule has 22 heavy (non-hydrogen) atoms. The molecule has 0 aliphatic carbocycles. The predicted octanol–water partition coefficient (Wildman–Crippen LogP) is 5.13. The van der Waals surface area contributed by atoms with Crippen LogP contribution in [-0.2, 0) is 4.57 Å². The molecule has 3 N–H and O–H groups in total. The van der Waals surface area contributed by atoms with Gasteiger partial charge in [0.25, 0.3) is 0 Å². The molecular weight excluding hydrogens is 326 g/mol. The molecule has 0 amide bonds. The van der Waals surface area contributed by atoms with Crippen molar-refractivity contribution in [2.24, 2.45) is 0 Å². The van der Waals surface area contributed by atoms with Crippen LogP contribution >= 0.6 is 7.82 Å². The van der Waals surface area contributed by atoms with Crippen LogP contribution in [-0.4, -0.2) is 63.6 Å². The summed E-state index contributed by atoms with van der Waals surface area (Å²) in [5, 5.41) is 0. The zero-order valence-electron chi connectivity index (χ0n) is 14.8. The van der Waals surface area contributed by atoms with E-state index in [-0.39, 0.29) is 0 Å². The largest absolute Gasteiger partial charge is 0.466 e. The van der Waals surface area contributed by atoms with Gasteiger partial charge in [-0.2, -0.15) is 0 Å². The summed E-state index contributed by atoms with van der Waals surface area (Å²) in [5.74, 6) is 0. The average Bonchev–Trinajstić information content (AvgIpc) is 2.42. The van der Waals surface area contributed by atoms with E-state index < -0.39 is 7.82 Å². The molecule has 0 rings (SSSR count). The molecule has 0 spiro atoms. The molecule has 0 bridgehead atoms. The smallest absolute Gasteiger partial charge is 0.303 e. The molecule has 0 aliphatic heterocycles. The summed E-state index contributed by atoms with van der Waals surface area (Å²) in [6, 6.07) is 0. The molecule has 6 heteroatoms. The van der Waals surface area contributed by atoms with E-state index in [0.717, 1.165) is 49.0 Å². The van der Waals surface area contributed by atoms with Crippen molar-refractivity contribution in [3.05, 3.63) is 0 Å². The van der Waals surface area contributed by atoms with E-state index in [1.807, 2.05) is 0 Å². The quantitative estimate of drug-likeness (QED) is 0.227. The first-order valence-electron chi connectivity index (χ1n) is 9.20. The summed E-state index contributed by atoms with van der Waals surface area (Å²) < 4.78 is 10.4. The minimum absolute atomic E-state index is 1.10. The van der Waals surface area contributed by atoms with Crippen LogP contribution in [0.15, 0.2) is 0 Å². The van der Waals surface area contributed by atoms with Crippen molar-refractivity contribution in [2.45, 2.75) is 97.3 Å². The normalized spacial score (nSPS) is 11.2. The molecule has 0 heterocycles. The zero-order valence-corrected chi connectivity index (χ0v) is 18.8. The third-order valence-corrected chi connectivity index (χ3v) is 4.81. The van der Waals surface area contributed by atoms with Crippen molar-refractivity contribution in [3.63, 3.8) is 0 Å². The average molecular weight is 363 g/mol. The summed E-state index contributed by atoms with van der Waals surface area (Å²) in [6.07, 6.45) is 20.8. The fraction of sp³-hybridized carbons (Fsp3) is 1.00. The van der Waals surface area contributed by atoms with Gasteiger partial charge < -0.3 is 14.7 Å². The second-order valence-electron chi connectivity index (χ2n) is 6.11. The van der Waals surface area contributed by atoms with Gasteiger partial charge >= 0.3 is 128 Å². The molecule has 0 atom stereocenters. The Morgan fingerprint density at radius 1 is 0.636 bits per heavy atom. The molecule has 0 aromatic carbocycles. The molecule has 0 radical (unpaired) electrons. The molecular formula is C16H36KO4P. The molecule has 130 valence electrons. The van der Waals surface area contributed by atoms with Crippen LogP contribution in [0, 0.1) is 0 Å². The van der Waals surface area contributed by atoms with Crippen LogP contribution in [0.5, 0.6) is 0 Å². The molecule has 0 aliphatic rings. The Hall–Kier alpha value is 1.75. The van der Waals surface area contributed by atoms with E-state index in [1.165, 1.54) is 89.9 Å². The van der Waals surface area contributed by atoms with Crippen molar-refractivity contribution in [3.8, 4) is 0 Å². The Kier molecular flexibility index (Phi) is 24.6. The summed E-state index contributed by atoms with van der Waals surface area (Å²) in [4.78, 5) is 21.6. The maximum absolute atomic E-state index is 8.88. The summed E-state index contributed by atoms with van der Waals surface area (Å²) in [7, 11) is -4.64. The van der Waals surface area contributed by atoms with E-state index >= 15 is 0 Å². The van der Waals surface area contributed by atoms with Gasteiger partial charge in [0, 0.05) is 0 Å². The van der Waals surface area contributed by atoms with E-state index in [0.29, 0.717) is 0 Å². The van der Waals surface area contributed by atoms with Crippen molar-refractivity contribution in [2.75, 3.05) is 0 Å². The van der Waals surface area contributed by atoms with E-state index in [2.05, 4.69) is 6.92 Å². The number of rotatable bonds is 14. The van der Waals surface area contributed by atoms with Gasteiger partial charge in [0.1, 0.15) is 0 Å². The Bertz CT molecular complexity index is 224. The second kappa shape index (κ2) is 20.8. The van der Waals surface area contributed by atoms with E-state index in [9.17, 15) is 0 Å². The van der Waals surface area contributed by atoms with Crippen LogP contribution in [0.4, 0.5) is 0 Å². The molecule has 0 aromatic heterocycles. The first kappa shape index (κ1) is 26.0. The Labute approximate surface area is 171 Å². The van der Waals surface area contributed by atoms with Crippen LogP contribution in [0.3, 0.4) is 0 Å². The first-order chi connectivity index (χ1) is 10.4. The number of phosphoric acid groups is 1. The topological polar surface area (TPSA) is 77.8 Å². The Balaban J connectivity index is 0. The van der Waals surface area contributed by atoms with Crippen LogP contribution in [0.2, 0.25) is 0.515 Å². The van der Waals surface area contributed by atoms with Crippen molar-refractivity contribution >= 4 is 56.8 Å². The molecule has 4 nitrogen and oxygen atoms in total. The van der Waals surface area contributed by atoms with Gasteiger partial charge in [0.2, 0.25) is 0 Å². The van der Waals surface area contributed by atoms with Crippen LogP contribution in [0.25, 0.3) is 0 Å². The third-order valence-electron chi connectivity index (χ3n) is 3.71. The fourth-order valence-corrected chi connectivity index (χ4v) is 3.23. The van der Waals surface area contributed by atoms with Gasteiger partial charge in [-0.25, -0.2) is 4.57 Å². The predicted molar refractivity (Wildman–Crippen MR) is 95.1 cm³/mol. The minimum Gasteiger partial charge on any atom is -0.303 e. The zero-order chi connectivity index (χ0) is 17.1. The number of hydrogen-bond acceptors (Lipinski definition) is 1. The van der Waals surface area contributed by atoms with Crippen LogP contribution in [0.1, 0.15) is 96.8 Å². The Morgan fingerprint density at radius 3 is 1.09 bits per heavy atom. The number of hydrogen-bond donors (Lipinski definition) is 3. The summed E-state index contributed by atoms with van der Waals surface area (Å²) in [6.45, 7) is 2.29. The maximum Gasteiger partial charge on any atom is 0.466 e. The first-order valence-corrected chi connectivity index (χ1v) is 13.0. The van der Waals surface area contributed by atoms with Gasteiger partial charge in [0.15, 0.2) is 0 Å². The fourth-order valence-electron chi connectivity index (χ4n) is 2.44. The standard InChI is InChI=1S/C16H33.K.H3O4P/c1-3-5-7-9-11-13-15-16-14-12-10-8-6-4-2;;1-5(2,3)4/h1,3-16H2,2H3;;(H3,1,2,3,4). The van der Waals surface area contributed by atoms with Crippen molar-refractivity contribution in [1.82, 2.24) is 0 Å². The molecule has 0 saturated heterocycles. The molecule has 0 fully saturated rings. The third kappa shape index (κ3) is 37.7. The van der Waals surface area contributed by atoms with Crippen LogP contribution < -0.4 is 0 Å². The SMILES string of the molecule is CCCCCCCCCCCCCCC[CH2][K].O=P(O)(O)O. The van der Waals surface area contributed by atoms with Gasteiger partial charge in [-0.1, -0.05) is 26.2 Å². The van der Waals surface area contributed by atoms with Gasteiger partial charge in [-0.15, -0.1) is 0 Å². The maximum atomic E-state index is 8.88. The van der Waals surface area contributed by atoms with Crippen molar-refractivity contribution in [1.29, 1.82) is 0 Å². The number of unbranched alkanes of at least 4 members (excludes halogenated alkanes) is 13. The molecule has 0 saturated carbocycles. The molecule has 0 aromatic rings. The van der Waals surface area contributed by atoms with Gasteiger partial charge in [-0.3, -0.25) is 0 Å². The minimum atomic E-state index is -4.64. The van der Waals surface area contributed by atoms with E-state index in [1.54, 1.807) is 0.515 Å². The Morgan fingerprint density at radius 2 is 0.864 bits per heavy atom. The van der Waals surface area contributed by atoms with E-state index in [4.69, 9.17) is 19.2 Å². The monoisotopic (exact) mass is 362 g/mol. The summed E-state index contributed by atoms with van der Waals surface area (Å²) >= 11 is 1.10. The van der Waals surface area contributed by atoms with Gasteiger partial charge in [0.05, 0.1) is 0 Å². The summed E-state index contributed by atoms with van der Waals surface area (Å²) in [5.41, 5.74) is 0.